The summed E-state index contributed by atoms with van der Waals surface area (Å²) in [6, 6.07) is 7.22. The molecular formula is C23H24N2O6S. The molecule has 2 amide bonds. The number of hydrogen-bond donors (Lipinski definition) is 0. The molecule has 32 heavy (non-hydrogen) atoms. The van der Waals surface area contributed by atoms with Gasteiger partial charge in [-0.05, 0) is 74.9 Å². The molecule has 0 saturated carbocycles. The Morgan fingerprint density at radius 1 is 1.12 bits per heavy atom. The third kappa shape index (κ3) is 4.47. The Bertz CT molecular complexity index is 1150. The number of carbonyl (C=O) groups is 4. The van der Waals surface area contributed by atoms with Crippen molar-refractivity contribution < 1.29 is 28.7 Å². The first kappa shape index (κ1) is 23.3. The van der Waals surface area contributed by atoms with E-state index in [9.17, 15) is 19.2 Å². The van der Waals surface area contributed by atoms with Gasteiger partial charge < -0.3 is 14.0 Å². The van der Waals surface area contributed by atoms with Crippen LogP contribution in [0.2, 0.25) is 0 Å². The fourth-order valence-electron chi connectivity index (χ4n) is 3.51. The SMILES string of the molecule is CCOC(=O)CN1C(=O)S/C(=C/c2cc(C)n(-c3cc(C(=O)OC)ccc3C)c2C)C1=O. The van der Waals surface area contributed by atoms with Gasteiger partial charge in [-0.3, -0.25) is 19.3 Å². The van der Waals surface area contributed by atoms with Gasteiger partial charge in [0.2, 0.25) is 0 Å². The van der Waals surface area contributed by atoms with Gasteiger partial charge in [0.25, 0.3) is 11.1 Å². The number of nitrogens with zero attached hydrogens (tertiary/aromatic N) is 2. The molecule has 8 nitrogen and oxygen atoms in total. The number of hydrogen-bond acceptors (Lipinski definition) is 7. The molecule has 1 saturated heterocycles. The summed E-state index contributed by atoms with van der Waals surface area (Å²) in [4.78, 5) is 49.7. The number of carbonyl (C=O) groups excluding carboxylic acids is 4. The second kappa shape index (κ2) is 9.44. The zero-order valence-corrected chi connectivity index (χ0v) is 19.4. The normalized spacial score (nSPS) is 14.9. The summed E-state index contributed by atoms with van der Waals surface area (Å²) in [6.07, 6.45) is 1.65. The quantitative estimate of drug-likeness (QED) is 0.482. The summed E-state index contributed by atoms with van der Waals surface area (Å²) in [5, 5.41) is -0.510. The third-order valence-electron chi connectivity index (χ3n) is 5.09. The average Bonchev–Trinajstić information content (AvgIpc) is 3.17. The lowest BCUT2D eigenvalue weighted by molar-refractivity contribution is -0.145. The minimum atomic E-state index is -0.629. The fraction of sp³-hybridized carbons (Fsp3) is 0.304. The van der Waals surface area contributed by atoms with E-state index in [0.29, 0.717) is 5.56 Å². The number of methoxy groups -OCH3 is 1. The highest BCUT2D eigenvalue weighted by Gasteiger charge is 2.36. The van der Waals surface area contributed by atoms with Crippen LogP contribution in [0.3, 0.4) is 0 Å². The van der Waals surface area contributed by atoms with Gasteiger partial charge in [0.15, 0.2) is 0 Å². The van der Waals surface area contributed by atoms with Gasteiger partial charge >= 0.3 is 11.9 Å². The first-order valence-electron chi connectivity index (χ1n) is 9.97. The van der Waals surface area contributed by atoms with Crippen molar-refractivity contribution in [1.82, 2.24) is 9.47 Å². The van der Waals surface area contributed by atoms with Crippen molar-refractivity contribution in [2.24, 2.45) is 0 Å². The summed E-state index contributed by atoms with van der Waals surface area (Å²) >= 11 is 0.789. The molecule has 0 aliphatic carbocycles. The number of imide groups is 1. The summed E-state index contributed by atoms with van der Waals surface area (Å²) in [6.45, 7) is 7.18. The van der Waals surface area contributed by atoms with Crippen molar-refractivity contribution in [2.45, 2.75) is 27.7 Å². The highest BCUT2D eigenvalue weighted by atomic mass is 32.2. The number of benzene rings is 1. The van der Waals surface area contributed by atoms with E-state index in [2.05, 4.69) is 0 Å². The van der Waals surface area contributed by atoms with Crippen molar-refractivity contribution in [3.05, 3.63) is 57.2 Å². The van der Waals surface area contributed by atoms with Crippen LogP contribution in [0.1, 0.15) is 39.8 Å². The molecule has 0 spiro atoms. The zero-order valence-electron chi connectivity index (χ0n) is 18.6. The minimum Gasteiger partial charge on any atom is -0.465 e. The van der Waals surface area contributed by atoms with Crippen molar-refractivity contribution in [2.75, 3.05) is 20.3 Å². The largest absolute Gasteiger partial charge is 0.465 e. The molecule has 0 unspecified atom stereocenters. The molecule has 9 heteroatoms. The van der Waals surface area contributed by atoms with Gasteiger partial charge in [-0.2, -0.15) is 0 Å². The number of esters is 2. The highest BCUT2D eigenvalue weighted by Crippen LogP contribution is 2.34. The number of ether oxygens (including phenoxy) is 2. The summed E-state index contributed by atoms with van der Waals surface area (Å²) < 4.78 is 11.6. The van der Waals surface area contributed by atoms with E-state index in [4.69, 9.17) is 9.47 Å². The highest BCUT2D eigenvalue weighted by molar-refractivity contribution is 8.18. The molecule has 0 radical (unpaired) electrons. The van der Waals surface area contributed by atoms with Crippen LogP contribution in [-0.4, -0.2) is 52.8 Å². The lowest BCUT2D eigenvalue weighted by atomic mass is 10.1. The van der Waals surface area contributed by atoms with Gasteiger partial charge in [0.05, 0.1) is 24.2 Å². The van der Waals surface area contributed by atoms with Crippen molar-refractivity contribution >= 4 is 40.9 Å². The van der Waals surface area contributed by atoms with E-state index in [1.54, 1.807) is 25.1 Å². The summed E-state index contributed by atoms with van der Waals surface area (Å²) in [5.41, 5.74) is 4.70. The van der Waals surface area contributed by atoms with Crippen molar-refractivity contribution in [1.29, 1.82) is 0 Å². The standard InChI is InChI=1S/C23H24N2O6S/c1-6-31-20(26)12-24-21(27)19(32-23(24)29)11-17-9-14(3)25(15(17)4)18-10-16(22(28)30-5)8-7-13(18)2/h7-11H,6,12H2,1-5H3/b19-11+. The Balaban J connectivity index is 1.96. The smallest absolute Gasteiger partial charge is 0.337 e. The van der Waals surface area contributed by atoms with Gasteiger partial charge in [-0.25, -0.2) is 4.79 Å². The average molecular weight is 457 g/mol. The Labute approximate surface area is 190 Å². The number of aryl methyl sites for hydroxylation is 2. The van der Waals surface area contributed by atoms with E-state index in [0.717, 1.165) is 44.9 Å². The number of thioether (sulfide) groups is 1. The molecule has 1 aliphatic rings. The van der Waals surface area contributed by atoms with E-state index < -0.39 is 29.6 Å². The molecule has 1 aromatic carbocycles. The lowest BCUT2D eigenvalue weighted by Crippen LogP contribution is -2.34. The lowest BCUT2D eigenvalue weighted by Gasteiger charge is -2.14. The molecule has 1 aromatic heterocycles. The second-order valence-corrected chi connectivity index (χ2v) is 8.22. The molecule has 2 aromatic rings. The molecule has 0 bridgehead atoms. The van der Waals surface area contributed by atoms with Crippen LogP contribution < -0.4 is 0 Å². The number of amides is 2. The maximum atomic E-state index is 12.7. The molecule has 1 fully saturated rings. The monoisotopic (exact) mass is 456 g/mol. The van der Waals surface area contributed by atoms with Gasteiger partial charge in [-0.1, -0.05) is 6.07 Å². The Kier molecular flexibility index (Phi) is 6.88. The minimum absolute atomic E-state index is 0.174. The van der Waals surface area contributed by atoms with Gasteiger partial charge in [-0.15, -0.1) is 0 Å². The third-order valence-corrected chi connectivity index (χ3v) is 6.00. The van der Waals surface area contributed by atoms with Crippen LogP contribution >= 0.6 is 11.8 Å². The molecule has 0 atom stereocenters. The van der Waals surface area contributed by atoms with E-state index in [-0.39, 0.29) is 11.5 Å². The molecular weight excluding hydrogens is 432 g/mol. The van der Waals surface area contributed by atoms with Crippen LogP contribution in [0.5, 0.6) is 0 Å². The number of rotatable bonds is 6. The maximum absolute atomic E-state index is 12.7. The van der Waals surface area contributed by atoms with E-state index in [1.807, 2.05) is 37.5 Å². The second-order valence-electron chi connectivity index (χ2n) is 7.23. The predicted molar refractivity (Wildman–Crippen MR) is 121 cm³/mol. The molecule has 0 N–H and O–H groups in total. The van der Waals surface area contributed by atoms with Crippen LogP contribution in [-0.2, 0) is 19.1 Å². The maximum Gasteiger partial charge on any atom is 0.337 e. The van der Waals surface area contributed by atoms with Gasteiger partial charge in [0, 0.05) is 17.1 Å². The zero-order chi connectivity index (χ0) is 23.6. The summed E-state index contributed by atoms with van der Waals surface area (Å²) in [7, 11) is 1.33. The van der Waals surface area contributed by atoms with Gasteiger partial charge in [0.1, 0.15) is 6.54 Å². The van der Waals surface area contributed by atoms with Crippen molar-refractivity contribution in [3.8, 4) is 5.69 Å². The Morgan fingerprint density at radius 3 is 2.50 bits per heavy atom. The predicted octanol–water partition coefficient (Wildman–Crippen LogP) is 3.79. The number of aromatic nitrogens is 1. The topological polar surface area (TPSA) is 94.9 Å². The van der Waals surface area contributed by atoms with Crippen LogP contribution in [0, 0.1) is 20.8 Å². The van der Waals surface area contributed by atoms with E-state index >= 15 is 0 Å². The van der Waals surface area contributed by atoms with Crippen LogP contribution in [0.15, 0.2) is 29.2 Å². The Morgan fingerprint density at radius 2 is 1.84 bits per heavy atom. The van der Waals surface area contributed by atoms with Crippen LogP contribution in [0.4, 0.5) is 4.79 Å². The first-order chi connectivity index (χ1) is 15.2. The molecule has 1 aliphatic heterocycles. The molecule has 168 valence electrons. The van der Waals surface area contributed by atoms with Crippen LogP contribution in [0.25, 0.3) is 11.8 Å². The first-order valence-corrected chi connectivity index (χ1v) is 10.8. The fourth-order valence-corrected chi connectivity index (χ4v) is 4.34. The molecule has 3 rings (SSSR count). The molecule has 2 heterocycles. The van der Waals surface area contributed by atoms with E-state index in [1.165, 1.54) is 7.11 Å². The Hall–Kier alpha value is -3.33. The summed E-state index contributed by atoms with van der Waals surface area (Å²) in [5.74, 6) is -1.58. The van der Waals surface area contributed by atoms with Crippen molar-refractivity contribution in [3.63, 3.8) is 0 Å².